The van der Waals surface area contributed by atoms with E-state index < -0.39 is 5.76 Å². The lowest BCUT2D eigenvalue weighted by atomic mass is 10.00. The van der Waals surface area contributed by atoms with Crippen LogP contribution in [0.1, 0.15) is 16.7 Å². The molecule has 7 heteroatoms. The van der Waals surface area contributed by atoms with E-state index in [4.69, 9.17) is 4.42 Å². The van der Waals surface area contributed by atoms with E-state index in [9.17, 15) is 4.79 Å². The zero-order valence-corrected chi connectivity index (χ0v) is 15.5. The Kier molecular flexibility index (Phi) is 4.10. The highest BCUT2D eigenvalue weighted by atomic mass is 32.1. The summed E-state index contributed by atoms with van der Waals surface area (Å²) in [6, 6.07) is 12.8. The van der Waals surface area contributed by atoms with Crippen LogP contribution in [0.5, 0.6) is 0 Å². The Labute approximate surface area is 159 Å². The SMILES string of the molecule is O=c1[nH]nc(-c2ccc3c(c2)CCN(Cc2ccc4scnc4c2)CC3)o1. The van der Waals surface area contributed by atoms with Crippen LogP contribution >= 0.6 is 11.3 Å². The summed E-state index contributed by atoms with van der Waals surface area (Å²) in [5.74, 6) is -0.177. The van der Waals surface area contributed by atoms with Crippen molar-refractivity contribution in [3.8, 4) is 11.5 Å². The van der Waals surface area contributed by atoms with Gasteiger partial charge in [-0.15, -0.1) is 16.4 Å². The molecule has 0 spiro atoms. The van der Waals surface area contributed by atoms with Crippen LogP contribution in [0.25, 0.3) is 21.7 Å². The van der Waals surface area contributed by atoms with Crippen molar-refractivity contribution in [3.05, 3.63) is 69.1 Å². The molecule has 2 aromatic carbocycles. The third kappa shape index (κ3) is 3.31. The summed E-state index contributed by atoms with van der Waals surface area (Å²) in [6.07, 6.45) is 1.98. The summed E-state index contributed by atoms with van der Waals surface area (Å²) < 4.78 is 6.32. The van der Waals surface area contributed by atoms with Crippen LogP contribution in [0, 0.1) is 0 Å². The highest BCUT2D eigenvalue weighted by molar-refractivity contribution is 7.16. The minimum atomic E-state index is -0.525. The molecule has 0 amide bonds. The lowest BCUT2D eigenvalue weighted by molar-refractivity contribution is 0.279. The number of H-pyrrole nitrogens is 1. The van der Waals surface area contributed by atoms with Gasteiger partial charge in [-0.25, -0.2) is 14.9 Å². The molecule has 4 aromatic rings. The molecule has 0 saturated carbocycles. The van der Waals surface area contributed by atoms with Crippen molar-refractivity contribution in [3.63, 3.8) is 0 Å². The number of hydrogen-bond acceptors (Lipinski definition) is 6. The highest BCUT2D eigenvalue weighted by Crippen LogP contribution is 2.24. The van der Waals surface area contributed by atoms with Crippen molar-refractivity contribution in [1.29, 1.82) is 0 Å². The molecule has 0 bridgehead atoms. The first kappa shape index (κ1) is 16.4. The second kappa shape index (κ2) is 6.75. The first-order valence-corrected chi connectivity index (χ1v) is 9.85. The van der Waals surface area contributed by atoms with Crippen molar-refractivity contribution >= 4 is 21.6 Å². The maximum absolute atomic E-state index is 11.2. The van der Waals surface area contributed by atoms with Gasteiger partial charge in [0.15, 0.2) is 0 Å². The van der Waals surface area contributed by atoms with E-state index in [1.54, 1.807) is 11.3 Å². The molecule has 0 fully saturated rings. The molecule has 0 unspecified atom stereocenters. The summed E-state index contributed by atoms with van der Waals surface area (Å²) >= 11 is 1.68. The van der Waals surface area contributed by atoms with Crippen molar-refractivity contribution in [2.75, 3.05) is 13.1 Å². The Morgan fingerprint density at radius 1 is 1.11 bits per heavy atom. The number of aromatic amines is 1. The number of nitrogens with zero attached hydrogens (tertiary/aromatic N) is 3. The van der Waals surface area contributed by atoms with Gasteiger partial charge >= 0.3 is 5.76 Å². The number of rotatable bonds is 3. The number of thiazole rings is 1. The van der Waals surface area contributed by atoms with E-state index in [-0.39, 0.29) is 0 Å². The van der Waals surface area contributed by atoms with Crippen LogP contribution in [0.3, 0.4) is 0 Å². The average molecular weight is 378 g/mol. The second-order valence-electron chi connectivity index (χ2n) is 6.83. The Hall–Kier alpha value is -2.77. The molecule has 1 aliphatic heterocycles. The smallest absolute Gasteiger partial charge is 0.388 e. The maximum Gasteiger partial charge on any atom is 0.434 e. The second-order valence-corrected chi connectivity index (χ2v) is 7.72. The molecule has 0 saturated heterocycles. The first-order valence-electron chi connectivity index (χ1n) is 8.97. The molecule has 27 heavy (non-hydrogen) atoms. The molecule has 0 atom stereocenters. The third-order valence-corrected chi connectivity index (χ3v) is 5.90. The van der Waals surface area contributed by atoms with Crippen molar-refractivity contribution in [2.24, 2.45) is 0 Å². The van der Waals surface area contributed by atoms with E-state index in [2.05, 4.69) is 50.4 Å². The zero-order chi connectivity index (χ0) is 18.2. The zero-order valence-electron chi connectivity index (χ0n) is 14.6. The Balaban J connectivity index is 1.33. The Morgan fingerprint density at radius 3 is 2.85 bits per heavy atom. The van der Waals surface area contributed by atoms with Gasteiger partial charge in [-0.2, -0.15) is 0 Å². The molecule has 1 N–H and O–H groups in total. The lowest BCUT2D eigenvalue weighted by Crippen LogP contribution is -2.25. The quantitative estimate of drug-likeness (QED) is 0.592. The molecular formula is C20H18N4O2S. The molecule has 136 valence electrons. The lowest BCUT2D eigenvalue weighted by Gasteiger charge is -2.19. The molecule has 0 radical (unpaired) electrons. The van der Waals surface area contributed by atoms with Gasteiger partial charge < -0.3 is 4.42 Å². The van der Waals surface area contributed by atoms with E-state index in [0.29, 0.717) is 5.89 Å². The van der Waals surface area contributed by atoms with Crippen LogP contribution in [0.4, 0.5) is 0 Å². The van der Waals surface area contributed by atoms with Gasteiger partial charge in [0.05, 0.1) is 15.7 Å². The average Bonchev–Trinajstić information content (AvgIpc) is 3.27. The first-order chi connectivity index (χ1) is 13.2. The predicted octanol–water partition coefficient (Wildman–Crippen LogP) is 3.24. The minimum Gasteiger partial charge on any atom is -0.388 e. The summed E-state index contributed by atoms with van der Waals surface area (Å²) in [7, 11) is 0. The van der Waals surface area contributed by atoms with Gasteiger partial charge in [0.25, 0.3) is 0 Å². The fourth-order valence-corrected chi connectivity index (χ4v) is 4.33. The summed E-state index contributed by atoms with van der Waals surface area (Å²) in [4.78, 5) is 18.1. The van der Waals surface area contributed by atoms with Gasteiger partial charge in [0, 0.05) is 25.2 Å². The van der Waals surface area contributed by atoms with E-state index >= 15 is 0 Å². The molecule has 6 nitrogen and oxygen atoms in total. The Bertz CT molecular complexity index is 1160. The standard InChI is InChI=1S/C20H18N4O2S/c25-20-23-22-19(26-20)16-3-2-14-5-7-24(8-6-15(14)10-16)11-13-1-4-18-17(9-13)21-12-27-18/h1-4,9-10,12H,5-8,11H2,(H,23,25). The summed E-state index contributed by atoms with van der Waals surface area (Å²) in [5, 5.41) is 6.25. The van der Waals surface area contributed by atoms with Gasteiger partial charge in [-0.05, 0) is 53.8 Å². The molecule has 5 rings (SSSR count). The molecule has 1 aliphatic rings. The van der Waals surface area contributed by atoms with E-state index in [1.165, 1.54) is 21.4 Å². The number of nitrogens with one attached hydrogen (secondary N) is 1. The number of aromatic nitrogens is 3. The highest BCUT2D eigenvalue weighted by Gasteiger charge is 2.16. The molecule has 0 aliphatic carbocycles. The number of hydrogen-bond donors (Lipinski definition) is 1. The number of benzene rings is 2. The monoisotopic (exact) mass is 378 g/mol. The Morgan fingerprint density at radius 2 is 2.00 bits per heavy atom. The van der Waals surface area contributed by atoms with Crippen molar-refractivity contribution in [1.82, 2.24) is 20.1 Å². The van der Waals surface area contributed by atoms with Gasteiger partial charge in [-0.3, -0.25) is 4.90 Å². The van der Waals surface area contributed by atoms with Gasteiger partial charge in [0.2, 0.25) is 5.89 Å². The predicted molar refractivity (Wildman–Crippen MR) is 105 cm³/mol. The molecule has 2 aromatic heterocycles. The van der Waals surface area contributed by atoms with Crippen LogP contribution in [0.2, 0.25) is 0 Å². The van der Waals surface area contributed by atoms with Gasteiger partial charge in [0.1, 0.15) is 0 Å². The summed E-state index contributed by atoms with van der Waals surface area (Å²) in [5.41, 5.74) is 7.79. The normalized spacial score (nSPS) is 15.0. The van der Waals surface area contributed by atoms with Crippen LogP contribution in [-0.2, 0) is 19.4 Å². The fraction of sp³-hybridized carbons (Fsp3) is 0.250. The van der Waals surface area contributed by atoms with Crippen LogP contribution in [0.15, 0.2) is 51.1 Å². The van der Waals surface area contributed by atoms with Gasteiger partial charge in [-0.1, -0.05) is 12.1 Å². The van der Waals surface area contributed by atoms with Crippen LogP contribution < -0.4 is 5.76 Å². The largest absolute Gasteiger partial charge is 0.434 e. The van der Waals surface area contributed by atoms with Crippen LogP contribution in [-0.4, -0.2) is 33.2 Å². The van der Waals surface area contributed by atoms with Crippen molar-refractivity contribution in [2.45, 2.75) is 19.4 Å². The third-order valence-electron chi connectivity index (χ3n) is 5.09. The molecular weight excluding hydrogens is 360 g/mol. The van der Waals surface area contributed by atoms with E-state index in [0.717, 1.165) is 43.6 Å². The topological polar surface area (TPSA) is 75.0 Å². The summed E-state index contributed by atoms with van der Waals surface area (Å²) in [6.45, 7) is 2.96. The van der Waals surface area contributed by atoms with Crippen molar-refractivity contribution < 1.29 is 4.42 Å². The fourth-order valence-electron chi connectivity index (χ4n) is 3.68. The molecule has 3 heterocycles. The minimum absolute atomic E-state index is 0.348. The number of fused-ring (bicyclic) bond motifs is 2. The van der Waals surface area contributed by atoms with E-state index in [1.807, 2.05) is 11.6 Å². The maximum atomic E-state index is 11.2.